The van der Waals surface area contributed by atoms with Gasteiger partial charge in [0.2, 0.25) is 5.91 Å². The average Bonchev–Trinajstić information content (AvgIpc) is 3.01. The first-order valence-electron chi connectivity index (χ1n) is 7.46. The lowest BCUT2D eigenvalue weighted by Crippen LogP contribution is -2.24. The van der Waals surface area contributed by atoms with Crippen LogP contribution in [0.5, 0.6) is 5.75 Å². The molecule has 0 aromatic heterocycles. The van der Waals surface area contributed by atoms with E-state index >= 15 is 0 Å². The Bertz CT molecular complexity index is 830. The van der Waals surface area contributed by atoms with E-state index in [1.165, 1.54) is 24.1 Å². The Balaban J connectivity index is 1.98. The molecule has 1 unspecified atom stereocenters. The quantitative estimate of drug-likeness (QED) is 0.908. The fraction of sp³-hybridized carbons (Fsp3) is 0.167. The summed E-state index contributed by atoms with van der Waals surface area (Å²) in [5.41, 5.74) is 2.11. The zero-order valence-corrected chi connectivity index (χ0v) is 13.0. The van der Waals surface area contributed by atoms with Gasteiger partial charge in [0, 0.05) is 13.3 Å². The molecular weight excluding hydrogens is 308 g/mol. The van der Waals surface area contributed by atoms with Crippen molar-refractivity contribution in [3.8, 4) is 5.75 Å². The molecule has 1 aliphatic rings. The maximum Gasteiger partial charge on any atom is 0.339 e. The van der Waals surface area contributed by atoms with Gasteiger partial charge in [-0.3, -0.25) is 4.79 Å². The van der Waals surface area contributed by atoms with Crippen LogP contribution in [0.4, 0.5) is 0 Å². The SMILES string of the molecule is CC(=O)N1N=C(c2ccccc2)CC1c1ccc(O)c(C(=O)O)c1. The van der Waals surface area contributed by atoms with Crippen molar-refractivity contribution in [2.45, 2.75) is 19.4 Å². The van der Waals surface area contributed by atoms with Gasteiger partial charge in [-0.2, -0.15) is 5.10 Å². The Hall–Kier alpha value is -3.15. The van der Waals surface area contributed by atoms with E-state index in [4.69, 9.17) is 5.11 Å². The summed E-state index contributed by atoms with van der Waals surface area (Å²) in [7, 11) is 0. The molecular formula is C18H16N2O4. The molecule has 3 rings (SSSR count). The number of hydrazone groups is 1. The van der Waals surface area contributed by atoms with Gasteiger partial charge >= 0.3 is 5.97 Å². The monoisotopic (exact) mass is 324 g/mol. The molecule has 2 N–H and O–H groups in total. The van der Waals surface area contributed by atoms with Crippen molar-refractivity contribution >= 4 is 17.6 Å². The first-order chi connectivity index (χ1) is 11.5. The number of rotatable bonds is 3. The molecule has 1 aliphatic heterocycles. The highest BCUT2D eigenvalue weighted by molar-refractivity contribution is 6.03. The van der Waals surface area contributed by atoms with Crippen LogP contribution >= 0.6 is 0 Å². The van der Waals surface area contributed by atoms with Gasteiger partial charge in [-0.15, -0.1) is 0 Å². The Kier molecular flexibility index (Phi) is 4.04. The maximum absolute atomic E-state index is 11.9. The molecule has 0 saturated carbocycles. The molecule has 6 nitrogen and oxygen atoms in total. The fourth-order valence-corrected chi connectivity index (χ4v) is 2.80. The van der Waals surface area contributed by atoms with Crippen LogP contribution < -0.4 is 0 Å². The summed E-state index contributed by atoms with van der Waals surface area (Å²) in [4.78, 5) is 23.2. The summed E-state index contributed by atoms with van der Waals surface area (Å²) in [6, 6.07) is 13.5. The summed E-state index contributed by atoms with van der Waals surface area (Å²) in [6.07, 6.45) is 0.480. The van der Waals surface area contributed by atoms with Crippen molar-refractivity contribution in [2.75, 3.05) is 0 Å². The minimum absolute atomic E-state index is 0.191. The molecule has 0 fully saturated rings. The lowest BCUT2D eigenvalue weighted by atomic mass is 9.96. The minimum Gasteiger partial charge on any atom is -0.507 e. The summed E-state index contributed by atoms with van der Waals surface area (Å²) >= 11 is 0. The number of aromatic carboxylic acids is 1. The molecule has 0 bridgehead atoms. The van der Waals surface area contributed by atoms with Gasteiger partial charge in [0.15, 0.2) is 0 Å². The third-order valence-electron chi connectivity index (χ3n) is 3.98. The molecule has 6 heteroatoms. The van der Waals surface area contributed by atoms with Gasteiger partial charge < -0.3 is 10.2 Å². The number of benzene rings is 2. The summed E-state index contributed by atoms with van der Waals surface area (Å²) in [5.74, 6) is -1.75. The van der Waals surface area contributed by atoms with Crippen LogP contribution in [0.15, 0.2) is 53.6 Å². The van der Waals surface area contributed by atoms with Crippen LogP contribution in [0, 0.1) is 0 Å². The number of carboxylic acid groups (broad SMARTS) is 1. The van der Waals surface area contributed by atoms with Crippen LogP contribution in [0.25, 0.3) is 0 Å². The van der Waals surface area contributed by atoms with Crippen LogP contribution in [0.1, 0.15) is 40.9 Å². The Morgan fingerprint density at radius 2 is 1.88 bits per heavy atom. The summed E-state index contributed by atoms with van der Waals surface area (Å²) in [5, 5.41) is 24.6. The highest BCUT2D eigenvalue weighted by atomic mass is 16.4. The van der Waals surface area contributed by atoms with Gasteiger partial charge in [0.25, 0.3) is 0 Å². The second kappa shape index (κ2) is 6.16. The molecule has 1 amide bonds. The van der Waals surface area contributed by atoms with E-state index in [2.05, 4.69) is 5.10 Å². The van der Waals surface area contributed by atoms with Crippen LogP contribution in [-0.4, -0.2) is 32.8 Å². The summed E-state index contributed by atoms with van der Waals surface area (Å²) < 4.78 is 0. The minimum atomic E-state index is -1.22. The van der Waals surface area contributed by atoms with E-state index in [1.54, 1.807) is 6.07 Å². The van der Waals surface area contributed by atoms with E-state index in [0.717, 1.165) is 11.3 Å². The van der Waals surface area contributed by atoms with Gasteiger partial charge in [0.1, 0.15) is 11.3 Å². The second-order valence-corrected chi connectivity index (χ2v) is 5.58. The molecule has 1 heterocycles. The van der Waals surface area contributed by atoms with Crippen molar-refractivity contribution in [3.05, 3.63) is 65.2 Å². The number of carboxylic acids is 1. The van der Waals surface area contributed by atoms with Crippen LogP contribution in [0.2, 0.25) is 0 Å². The second-order valence-electron chi connectivity index (χ2n) is 5.58. The Labute approximate surface area is 138 Å². The predicted molar refractivity (Wildman–Crippen MR) is 87.9 cm³/mol. The molecule has 0 radical (unpaired) electrons. The normalized spacial score (nSPS) is 16.8. The van der Waals surface area contributed by atoms with Crippen LogP contribution in [0.3, 0.4) is 0 Å². The number of hydrogen-bond acceptors (Lipinski definition) is 4. The van der Waals surface area contributed by atoms with Gasteiger partial charge in [-0.05, 0) is 23.3 Å². The van der Waals surface area contributed by atoms with Gasteiger partial charge in [-0.25, -0.2) is 9.80 Å². The van der Waals surface area contributed by atoms with Crippen LogP contribution in [-0.2, 0) is 4.79 Å². The number of carbonyl (C=O) groups is 2. The zero-order chi connectivity index (χ0) is 17.3. The average molecular weight is 324 g/mol. The third kappa shape index (κ3) is 2.86. The van der Waals surface area contributed by atoms with E-state index in [1.807, 2.05) is 30.3 Å². The molecule has 122 valence electrons. The standard InChI is InChI=1S/C18H16N2O4/c1-11(21)20-16(10-15(19-20)12-5-3-2-4-6-12)13-7-8-17(22)14(9-13)18(23)24/h2-9,16,22H,10H2,1H3,(H,23,24). The first-order valence-corrected chi connectivity index (χ1v) is 7.46. The molecule has 1 atom stereocenters. The number of hydrogen-bond donors (Lipinski definition) is 2. The third-order valence-corrected chi connectivity index (χ3v) is 3.98. The number of carbonyl (C=O) groups excluding carboxylic acids is 1. The predicted octanol–water partition coefficient (Wildman–Crippen LogP) is 2.79. The highest BCUT2D eigenvalue weighted by Gasteiger charge is 2.32. The van der Waals surface area contributed by atoms with Crippen molar-refractivity contribution in [2.24, 2.45) is 5.10 Å². The largest absolute Gasteiger partial charge is 0.507 e. The van der Waals surface area contributed by atoms with E-state index in [0.29, 0.717) is 12.0 Å². The number of phenols is 1. The smallest absolute Gasteiger partial charge is 0.339 e. The lowest BCUT2D eigenvalue weighted by Gasteiger charge is -2.21. The molecule has 0 aliphatic carbocycles. The number of nitrogens with zero attached hydrogens (tertiary/aromatic N) is 2. The molecule has 0 spiro atoms. The van der Waals surface area contributed by atoms with Crippen molar-refractivity contribution in [3.63, 3.8) is 0 Å². The topological polar surface area (TPSA) is 90.2 Å². The summed E-state index contributed by atoms with van der Waals surface area (Å²) in [6.45, 7) is 1.42. The molecule has 2 aromatic rings. The van der Waals surface area contributed by atoms with Gasteiger partial charge in [-0.1, -0.05) is 36.4 Å². The Morgan fingerprint density at radius 3 is 2.50 bits per heavy atom. The van der Waals surface area contributed by atoms with E-state index in [-0.39, 0.29) is 17.2 Å². The number of amides is 1. The molecule has 2 aromatic carbocycles. The highest BCUT2D eigenvalue weighted by Crippen LogP contribution is 2.34. The fourth-order valence-electron chi connectivity index (χ4n) is 2.80. The van der Waals surface area contributed by atoms with E-state index < -0.39 is 12.0 Å². The van der Waals surface area contributed by atoms with Gasteiger partial charge in [0.05, 0.1) is 11.8 Å². The number of aromatic hydroxyl groups is 1. The lowest BCUT2D eigenvalue weighted by molar-refractivity contribution is -0.130. The maximum atomic E-state index is 11.9. The van der Waals surface area contributed by atoms with Crippen molar-refractivity contribution in [1.82, 2.24) is 5.01 Å². The first kappa shape index (κ1) is 15.7. The van der Waals surface area contributed by atoms with E-state index in [9.17, 15) is 14.7 Å². The van der Waals surface area contributed by atoms with Crippen molar-refractivity contribution in [1.29, 1.82) is 0 Å². The van der Waals surface area contributed by atoms with Crippen molar-refractivity contribution < 1.29 is 19.8 Å². The molecule has 0 saturated heterocycles. The zero-order valence-electron chi connectivity index (χ0n) is 13.0. The molecule has 24 heavy (non-hydrogen) atoms. The Morgan fingerprint density at radius 1 is 1.17 bits per heavy atom.